The van der Waals surface area contributed by atoms with Crippen molar-refractivity contribution in [3.63, 3.8) is 0 Å². The average molecular weight is 213 g/mol. The summed E-state index contributed by atoms with van der Waals surface area (Å²) in [4.78, 5) is 0. The van der Waals surface area contributed by atoms with Gasteiger partial charge in [0.25, 0.3) is 0 Å². The summed E-state index contributed by atoms with van der Waals surface area (Å²) in [6, 6.07) is 0.00576. The molecule has 0 spiro atoms. The Morgan fingerprint density at radius 3 is 2.47 bits per heavy atom. The van der Waals surface area contributed by atoms with Crippen LogP contribution in [0.25, 0.3) is 0 Å². The fraction of sp³-hybridized carbons (Fsp3) is 0.909. The highest BCUT2D eigenvalue weighted by Gasteiger charge is 2.45. The van der Waals surface area contributed by atoms with Crippen LogP contribution in [0.3, 0.4) is 0 Å². The van der Waals surface area contributed by atoms with Gasteiger partial charge in [0.05, 0.1) is 6.04 Å². The Balaban J connectivity index is 2.41. The van der Waals surface area contributed by atoms with Crippen molar-refractivity contribution in [2.24, 2.45) is 22.2 Å². The highest BCUT2D eigenvalue weighted by molar-refractivity contribution is 5.85. The van der Waals surface area contributed by atoms with Crippen LogP contribution in [-0.2, 0) is 0 Å². The highest BCUT2D eigenvalue weighted by atomic mass is 16.4. The van der Waals surface area contributed by atoms with E-state index in [9.17, 15) is 0 Å². The molecule has 15 heavy (non-hydrogen) atoms. The molecule has 1 saturated carbocycles. The maximum atomic E-state index is 8.61. The lowest BCUT2D eigenvalue weighted by Gasteiger charge is -2.23. The van der Waals surface area contributed by atoms with Crippen LogP contribution < -0.4 is 11.1 Å². The minimum absolute atomic E-state index is 0.00576. The second kappa shape index (κ2) is 4.84. The largest absolute Gasteiger partial charge is 0.409 e. The van der Waals surface area contributed by atoms with Crippen LogP contribution in [0.4, 0.5) is 0 Å². The zero-order valence-electron chi connectivity index (χ0n) is 9.95. The summed E-state index contributed by atoms with van der Waals surface area (Å²) >= 11 is 0. The number of oxime groups is 1. The van der Waals surface area contributed by atoms with Crippen molar-refractivity contribution in [1.29, 1.82) is 0 Å². The normalized spacial score (nSPS) is 21.7. The van der Waals surface area contributed by atoms with Gasteiger partial charge in [-0.15, -0.1) is 0 Å². The van der Waals surface area contributed by atoms with Crippen LogP contribution in [-0.4, -0.2) is 23.6 Å². The number of hydrogen-bond acceptors (Lipinski definition) is 3. The van der Waals surface area contributed by atoms with Gasteiger partial charge in [-0.1, -0.05) is 25.9 Å². The summed E-state index contributed by atoms with van der Waals surface area (Å²) in [5.74, 6) is 0.992. The van der Waals surface area contributed by atoms with Crippen molar-refractivity contribution >= 4 is 5.84 Å². The van der Waals surface area contributed by atoms with E-state index in [-0.39, 0.29) is 11.9 Å². The van der Waals surface area contributed by atoms with Gasteiger partial charge >= 0.3 is 0 Å². The Kier molecular flexibility index (Phi) is 3.97. The zero-order chi connectivity index (χ0) is 11.5. The first-order chi connectivity index (χ1) is 7.05. The second-order valence-electron chi connectivity index (χ2n) is 4.88. The standard InChI is InChI=1S/C11H23N3O/c1-4-9(10(12)14-15)13-7-11(5-6-11)8(2)3/h8-9,13,15H,4-7H2,1-3H3,(H2,12,14). The van der Waals surface area contributed by atoms with Gasteiger partial charge in [-0.25, -0.2) is 0 Å². The molecule has 0 amide bonds. The van der Waals surface area contributed by atoms with Crippen molar-refractivity contribution in [3.05, 3.63) is 0 Å². The Labute approximate surface area is 91.9 Å². The molecule has 1 atom stereocenters. The van der Waals surface area contributed by atoms with E-state index in [2.05, 4.69) is 24.3 Å². The molecule has 0 aromatic rings. The van der Waals surface area contributed by atoms with E-state index in [1.165, 1.54) is 12.8 Å². The molecule has 0 aromatic carbocycles. The van der Waals surface area contributed by atoms with E-state index in [1.807, 2.05) is 6.92 Å². The number of amidine groups is 1. The van der Waals surface area contributed by atoms with Crippen LogP contribution in [0.2, 0.25) is 0 Å². The number of nitrogens with one attached hydrogen (secondary N) is 1. The quantitative estimate of drug-likeness (QED) is 0.271. The maximum Gasteiger partial charge on any atom is 0.156 e. The number of hydrogen-bond donors (Lipinski definition) is 3. The Bertz CT molecular complexity index is 234. The SMILES string of the molecule is CCC(NCC1(C(C)C)CC1)C(N)=NO. The maximum absolute atomic E-state index is 8.61. The lowest BCUT2D eigenvalue weighted by molar-refractivity contribution is 0.307. The van der Waals surface area contributed by atoms with E-state index < -0.39 is 0 Å². The molecule has 1 fully saturated rings. The van der Waals surface area contributed by atoms with E-state index in [0.29, 0.717) is 11.3 Å². The van der Waals surface area contributed by atoms with Gasteiger partial charge in [0, 0.05) is 6.54 Å². The van der Waals surface area contributed by atoms with Gasteiger partial charge in [0.1, 0.15) is 0 Å². The topological polar surface area (TPSA) is 70.6 Å². The van der Waals surface area contributed by atoms with Gasteiger partial charge in [-0.2, -0.15) is 0 Å². The summed E-state index contributed by atoms with van der Waals surface area (Å²) in [7, 11) is 0. The highest BCUT2D eigenvalue weighted by Crippen LogP contribution is 2.51. The molecule has 1 unspecified atom stereocenters. The molecule has 4 nitrogen and oxygen atoms in total. The third kappa shape index (κ3) is 2.84. The summed E-state index contributed by atoms with van der Waals surface area (Å²) in [5, 5.41) is 15.1. The predicted octanol–water partition coefficient (Wildman–Crippen LogP) is 1.54. The third-order valence-electron chi connectivity index (χ3n) is 3.70. The van der Waals surface area contributed by atoms with Crippen molar-refractivity contribution in [1.82, 2.24) is 5.32 Å². The number of nitrogens with zero attached hydrogens (tertiary/aromatic N) is 1. The number of nitrogens with two attached hydrogens (primary N) is 1. The summed E-state index contributed by atoms with van der Waals surface area (Å²) in [6.45, 7) is 7.53. The molecule has 0 radical (unpaired) electrons. The first kappa shape index (κ1) is 12.3. The average Bonchev–Trinajstić information content (AvgIpc) is 2.99. The van der Waals surface area contributed by atoms with E-state index in [0.717, 1.165) is 13.0 Å². The van der Waals surface area contributed by atoms with Crippen molar-refractivity contribution in [2.75, 3.05) is 6.54 Å². The molecule has 4 N–H and O–H groups in total. The van der Waals surface area contributed by atoms with Gasteiger partial charge in [-0.3, -0.25) is 0 Å². The third-order valence-corrected chi connectivity index (χ3v) is 3.70. The van der Waals surface area contributed by atoms with Gasteiger partial charge in [0.2, 0.25) is 0 Å². The molecule has 0 saturated heterocycles. The summed E-state index contributed by atoms with van der Waals surface area (Å²) < 4.78 is 0. The Morgan fingerprint density at radius 1 is 1.53 bits per heavy atom. The Morgan fingerprint density at radius 2 is 2.13 bits per heavy atom. The first-order valence-electron chi connectivity index (χ1n) is 5.76. The van der Waals surface area contributed by atoms with Crippen LogP contribution in [0.1, 0.15) is 40.0 Å². The van der Waals surface area contributed by atoms with Crippen LogP contribution in [0, 0.1) is 11.3 Å². The van der Waals surface area contributed by atoms with E-state index in [4.69, 9.17) is 10.9 Å². The fourth-order valence-electron chi connectivity index (χ4n) is 1.97. The number of rotatable bonds is 6. The fourth-order valence-corrected chi connectivity index (χ4v) is 1.97. The summed E-state index contributed by atoms with van der Waals surface area (Å²) in [5.41, 5.74) is 6.05. The molecule has 4 heteroatoms. The zero-order valence-corrected chi connectivity index (χ0v) is 9.95. The molecular formula is C11H23N3O. The molecule has 88 valence electrons. The van der Waals surface area contributed by atoms with Crippen LogP contribution in [0.5, 0.6) is 0 Å². The van der Waals surface area contributed by atoms with Crippen LogP contribution in [0.15, 0.2) is 5.16 Å². The molecule has 0 heterocycles. The smallest absolute Gasteiger partial charge is 0.156 e. The van der Waals surface area contributed by atoms with Gasteiger partial charge < -0.3 is 16.3 Å². The van der Waals surface area contributed by atoms with Gasteiger partial charge in [0.15, 0.2) is 5.84 Å². The van der Waals surface area contributed by atoms with Crippen molar-refractivity contribution in [3.8, 4) is 0 Å². The molecule has 0 aromatic heterocycles. The summed E-state index contributed by atoms with van der Waals surface area (Å²) in [6.07, 6.45) is 3.44. The minimum Gasteiger partial charge on any atom is -0.409 e. The first-order valence-corrected chi connectivity index (χ1v) is 5.76. The molecule has 1 rings (SSSR count). The van der Waals surface area contributed by atoms with Crippen LogP contribution >= 0.6 is 0 Å². The van der Waals surface area contributed by atoms with E-state index in [1.54, 1.807) is 0 Å². The molecular weight excluding hydrogens is 190 g/mol. The van der Waals surface area contributed by atoms with Crippen molar-refractivity contribution in [2.45, 2.75) is 46.1 Å². The van der Waals surface area contributed by atoms with Gasteiger partial charge in [-0.05, 0) is 30.6 Å². The molecule has 0 aliphatic heterocycles. The molecule has 0 bridgehead atoms. The lowest BCUT2D eigenvalue weighted by atomic mass is 9.92. The second-order valence-corrected chi connectivity index (χ2v) is 4.88. The molecule has 1 aliphatic carbocycles. The van der Waals surface area contributed by atoms with Crippen molar-refractivity contribution < 1.29 is 5.21 Å². The lowest BCUT2D eigenvalue weighted by Crippen LogP contribution is -2.44. The predicted molar refractivity (Wildman–Crippen MR) is 62.0 cm³/mol. The Hall–Kier alpha value is -0.770. The minimum atomic E-state index is 0.00576. The monoisotopic (exact) mass is 213 g/mol. The molecule has 1 aliphatic rings. The van der Waals surface area contributed by atoms with E-state index >= 15 is 0 Å².